The van der Waals surface area contributed by atoms with Gasteiger partial charge >= 0.3 is 12.0 Å². The van der Waals surface area contributed by atoms with Gasteiger partial charge in [0.1, 0.15) is 12.1 Å². The van der Waals surface area contributed by atoms with Crippen molar-refractivity contribution in [2.45, 2.75) is 71.5 Å². The van der Waals surface area contributed by atoms with Crippen LogP contribution in [0.3, 0.4) is 0 Å². The maximum absolute atomic E-state index is 14.4. The summed E-state index contributed by atoms with van der Waals surface area (Å²) in [6.45, 7) is 11.1. The van der Waals surface area contributed by atoms with Crippen LogP contribution in [-0.4, -0.2) is 45.0 Å². The van der Waals surface area contributed by atoms with E-state index >= 15 is 0 Å². The predicted octanol–water partition coefficient (Wildman–Crippen LogP) is 5.41. The van der Waals surface area contributed by atoms with E-state index in [1.807, 2.05) is 40.7 Å². The number of ether oxygens (including phenoxy) is 1. The molecule has 3 atom stereocenters. The third-order valence-electron chi connectivity index (χ3n) is 6.22. The molecular formula is C21H24ClF3N3O2Si. The fourth-order valence-corrected chi connectivity index (χ4v) is 5.05. The number of hydrogen-bond acceptors (Lipinski definition) is 4. The number of fused-ring (bicyclic) bond motifs is 1. The quantitative estimate of drug-likeness (QED) is 0.542. The summed E-state index contributed by atoms with van der Waals surface area (Å²) in [5.41, 5.74) is -0.0783. The Morgan fingerprint density at radius 1 is 1.32 bits per heavy atom. The van der Waals surface area contributed by atoms with E-state index in [-0.39, 0.29) is 16.6 Å². The highest BCUT2D eigenvalue weighted by molar-refractivity contribution is 6.32. The average Bonchev–Trinajstić information content (AvgIpc) is 3.13. The third-order valence-corrected chi connectivity index (χ3v) is 7.01. The van der Waals surface area contributed by atoms with Crippen LogP contribution in [0.15, 0.2) is 17.1 Å². The van der Waals surface area contributed by atoms with Crippen LogP contribution in [0.4, 0.5) is 18.9 Å². The molecule has 2 aliphatic rings. The molecule has 0 spiro atoms. The van der Waals surface area contributed by atoms with Gasteiger partial charge in [0.25, 0.3) is 16.5 Å². The van der Waals surface area contributed by atoms with Gasteiger partial charge in [0.15, 0.2) is 0 Å². The first kappa shape index (κ1) is 23.9. The smallest absolute Gasteiger partial charge is 0.421 e. The van der Waals surface area contributed by atoms with Gasteiger partial charge in [0, 0.05) is 5.54 Å². The third kappa shape index (κ3) is 3.62. The van der Waals surface area contributed by atoms with Gasteiger partial charge in [0.05, 0.1) is 16.3 Å². The molecule has 3 rings (SSSR count). The lowest BCUT2D eigenvalue weighted by molar-refractivity contribution is -0.333. The molecule has 2 fully saturated rings. The molecule has 10 heteroatoms. The predicted molar refractivity (Wildman–Crippen MR) is 112 cm³/mol. The lowest BCUT2D eigenvalue weighted by atomic mass is 9.72. The molecule has 2 aliphatic heterocycles. The largest absolute Gasteiger partial charge is 0.456 e. The van der Waals surface area contributed by atoms with Crippen molar-refractivity contribution < 1.29 is 22.3 Å². The Kier molecular flexibility index (Phi) is 5.70. The molecule has 0 N–H and O–H groups in total. The average molecular weight is 471 g/mol. The molecule has 167 valence electrons. The summed E-state index contributed by atoms with van der Waals surface area (Å²) >= 11 is 6.23. The lowest BCUT2D eigenvalue weighted by Crippen LogP contribution is -2.59. The molecule has 0 saturated carbocycles. The van der Waals surface area contributed by atoms with Crippen molar-refractivity contribution in [1.82, 2.24) is 4.90 Å². The van der Waals surface area contributed by atoms with Crippen LogP contribution in [0.25, 0.3) is 0 Å². The molecule has 0 unspecified atom stereocenters. The van der Waals surface area contributed by atoms with E-state index in [0.29, 0.717) is 17.7 Å². The van der Waals surface area contributed by atoms with Crippen LogP contribution < -0.4 is 0 Å². The van der Waals surface area contributed by atoms with Crippen LogP contribution in [0.5, 0.6) is 0 Å². The maximum atomic E-state index is 14.4. The maximum Gasteiger partial charge on any atom is 0.456 e. The zero-order chi connectivity index (χ0) is 23.6. The highest BCUT2D eigenvalue weighted by Crippen LogP contribution is 2.58. The Morgan fingerprint density at radius 2 is 1.94 bits per heavy atom. The fraction of sp³-hybridized carbons (Fsp3) is 0.619. The SMILES string of the molecule is Cc1c(N=C2O[C@@](O[Si])(C(F)(F)F)[C@H]3[C@@H](C(C)(C)C)CC(C)(C)N23)ccc(C#N)c1Cl. The van der Waals surface area contributed by atoms with E-state index in [4.69, 9.17) is 26.0 Å². The highest BCUT2D eigenvalue weighted by Gasteiger charge is 2.76. The summed E-state index contributed by atoms with van der Waals surface area (Å²) in [5, 5.41) is 9.35. The second-order valence-electron chi connectivity index (χ2n) is 9.75. The lowest BCUT2D eigenvalue weighted by Gasteiger charge is -2.40. The Balaban J connectivity index is 2.24. The zero-order valence-corrected chi connectivity index (χ0v) is 19.9. The first-order valence-corrected chi connectivity index (χ1v) is 10.6. The Labute approximate surface area is 188 Å². The van der Waals surface area contributed by atoms with Crippen LogP contribution >= 0.6 is 11.6 Å². The molecule has 31 heavy (non-hydrogen) atoms. The molecule has 0 amide bonds. The summed E-state index contributed by atoms with van der Waals surface area (Å²) < 4.78 is 53.6. The summed E-state index contributed by atoms with van der Waals surface area (Å²) in [6, 6.07) is 3.64. The van der Waals surface area contributed by atoms with Gasteiger partial charge in [-0.15, -0.1) is 0 Å². The number of hydrogen-bond donors (Lipinski definition) is 0. The number of nitrogens with zero attached hydrogens (tertiary/aromatic N) is 3. The number of amidine groups is 1. The molecule has 5 nitrogen and oxygen atoms in total. The van der Waals surface area contributed by atoms with Gasteiger partial charge in [-0.2, -0.15) is 23.4 Å². The van der Waals surface area contributed by atoms with Gasteiger partial charge in [0.2, 0.25) is 0 Å². The van der Waals surface area contributed by atoms with Crippen molar-refractivity contribution in [3.05, 3.63) is 28.3 Å². The van der Waals surface area contributed by atoms with Gasteiger partial charge in [-0.05, 0) is 56.2 Å². The monoisotopic (exact) mass is 470 g/mol. The number of halogens is 4. The van der Waals surface area contributed by atoms with E-state index in [0.717, 1.165) is 0 Å². The van der Waals surface area contributed by atoms with Crippen LogP contribution in [0.2, 0.25) is 5.02 Å². The number of rotatable bonds is 2. The van der Waals surface area contributed by atoms with E-state index in [2.05, 4.69) is 15.5 Å². The molecule has 2 saturated heterocycles. The molecule has 1 aromatic rings. The second kappa shape index (κ2) is 7.39. The Bertz CT molecular complexity index is 968. The first-order valence-electron chi connectivity index (χ1n) is 9.78. The molecule has 1 aromatic carbocycles. The van der Waals surface area contributed by atoms with Crippen molar-refractivity contribution in [2.75, 3.05) is 0 Å². The van der Waals surface area contributed by atoms with Crippen LogP contribution in [0.1, 0.15) is 52.2 Å². The first-order chi connectivity index (χ1) is 14.1. The fourth-order valence-electron chi connectivity index (χ4n) is 4.57. The van der Waals surface area contributed by atoms with E-state index in [9.17, 15) is 13.2 Å². The zero-order valence-electron chi connectivity index (χ0n) is 18.2. The molecular weight excluding hydrogens is 447 g/mol. The second-order valence-corrected chi connectivity index (χ2v) is 10.3. The topological polar surface area (TPSA) is 57.9 Å². The van der Waals surface area contributed by atoms with Gasteiger partial charge in [-0.1, -0.05) is 32.4 Å². The van der Waals surface area contributed by atoms with Crippen molar-refractivity contribution in [3.8, 4) is 6.07 Å². The molecule has 2 heterocycles. The van der Waals surface area contributed by atoms with E-state index in [1.54, 1.807) is 11.8 Å². The van der Waals surface area contributed by atoms with Gasteiger partial charge < -0.3 is 14.1 Å². The van der Waals surface area contributed by atoms with Gasteiger partial charge in [-0.25, -0.2) is 0 Å². The molecule has 3 radical (unpaired) electrons. The number of alkyl halides is 3. The summed E-state index contributed by atoms with van der Waals surface area (Å²) in [7, 11) is 2.67. The van der Waals surface area contributed by atoms with E-state index in [1.165, 1.54) is 12.1 Å². The number of nitriles is 1. The molecule has 0 aromatic heterocycles. The highest BCUT2D eigenvalue weighted by atomic mass is 35.5. The standard InChI is InChI=1S/C21H24ClF3N3O2Si/c1-11-14(8-7-12(10-26)15(11)22)27-17-28-16(20(29-17,30-31)21(23,24)25)13(18(2,3)4)9-19(28,5)6/h7-8,13,16H,9H2,1-6H3/t13-,16+,20-/m0/s1. The van der Waals surface area contributed by atoms with Crippen molar-refractivity contribution in [2.24, 2.45) is 16.3 Å². The minimum atomic E-state index is -4.84. The molecule has 0 bridgehead atoms. The van der Waals surface area contributed by atoms with Crippen LogP contribution in [0, 0.1) is 29.6 Å². The van der Waals surface area contributed by atoms with Crippen molar-refractivity contribution in [1.29, 1.82) is 5.26 Å². The summed E-state index contributed by atoms with van der Waals surface area (Å²) in [4.78, 5) is 6.00. The number of benzene rings is 1. The Morgan fingerprint density at radius 3 is 2.42 bits per heavy atom. The van der Waals surface area contributed by atoms with E-state index < -0.39 is 34.9 Å². The van der Waals surface area contributed by atoms with Crippen molar-refractivity contribution in [3.63, 3.8) is 0 Å². The summed E-state index contributed by atoms with van der Waals surface area (Å²) in [6.07, 6.45) is -4.35. The minimum Gasteiger partial charge on any atom is -0.421 e. The van der Waals surface area contributed by atoms with Crippen LogP contribution in [-0.2, 0) is 9.16 Å². The molecule has 0 aliphatic carbocycles. The minimum absolute atomic E-state index is 0.193. The Hall–Kier alpha value is -1.76. The van der Waals surface area contributed by atoms with Crippen molar-refractivity contribution >= 4 is 33.8 Å². The summed E-state index contributed by atoms with van der Waals surface area (Å²) in [5.74, 6) is -3.34. The number of aliphatic imine (C=N–C) groups is 1. The van der Waals surface area contributed by atoms with Gasteiger partial charge in [-0.3, -0.25) is 0 Å². The normalized spacial score (nSPS) is 29.1.